The molecule has 2 rings (SSSR count). The summed E-state index contributed by atoms with van der Waals surface area (Å²) in [6, 6.07) is 9.64. The van der Waals surface area contributed by atoms with Crippen molar-refractivity contribution in [1.29, 1.82) is 0 Å². The van der Waals surface area contributed by atoms with Gasteiger partial charge in [0.2, 0.25) is 11.8 Å². The van der Waals surface area contributed by atoms with Gasteiger partial charge < -0.3 is 15.2 Å². The maximum atomic E-state index is 12.0. The molecule has 1 amide bonds. The van der Waals surface area contributed by atoms with Gasteiger partial charge in [0.1, 0.15) is 6.04 Å². The van der Waals surface area contributed by atoms with Crippen LogP contribution in [-0.4, -0.2) is 29.6 Å². The number of hydrogen-bond donors (Lipinski definition) is 2. The molecule has 0 aliphatic rings. The molecule has 0 saturated heterocycles. The van der Waals surface area contributed by atoms with Crippen LogP contribution in [-0.2, 0) is 11.2 Å². The number of halogens is 1. The lowest BCUT2D eigenvalue weighted by Crippen LogP contribution is -2.35. The Morgan fingerprint density at radius 1 is 1.26 bits per heavy atom. The molecule has 2 N–H and O–H groups in total. The maximum Gasteiger partial charge on any atom is 0.248 e. The van der Waals surface area contributed by atoms with Crippen LogP contribution < -0.4 is 10.6 Å². The van der Waals surface area contributed by atoms with E-state index in [2.05, 4.69) is 20.8 Å². The molecule has 0 spiro atoms. The average Bonchev–Trinajstić information content (AvgIpc) is 2.97. The molecule has 1 aromatic heterocycles. The Labute approximate surface area is 142 Å². The number of aromatic nitrogens is 2. The Kier molecular flexibility index (Phi) is 7.71. The highest BCUT2D eigenvalue weighted by molar-refractivity contribution is 5.85. The molecule has 126 valence electrons. The summed E-state index contributed by atoms with van der Waals surface area (Å²) in [7, 11) is 1.82. The number of rotatable bonds is 7. The van der Waals surface area contributed by atoms with E-state index in [1.54, 1.807) is 0 Å². The number of benzene rings is 1. The van der Waals surface area contributed by atoms with Gasteiger partial charge in [-0.2, -0.15) is 4.98 Å². The van der Waals surface area contributed by atoms with Crippen molar-refractivity contribution in [2.24, 2.45) is 5.92 Å². The van der Waals surface area contributed by atoms with Crippen LogP contribution in [0.5, 0.6) is 0 Å². The quantitative estimate of drug-likeness (QED) is 0.808. The van der Waals surface area contributed by atoms with Gasteiger partial charge >= 0.3 is 0 Å². The second-order valence-corrected chi connectivity index (χ2v) is 5.40. The zero-order chi connectivity index (χ0) is 15.9. The first-order valence-corrected chi connectivity index (χ1v) is 7.41. The van der Waals surface area contributed by atoms with Gasteiger partial charge in [-0.15, -0.1) is 12.4 Å². The van der Waals surface area contributed by atoms with Gasteiger partial charge in [0, 0.05) is 18.9 Å². The molecular formula is C16H23ClN4O2. The van der Waals surface area contributed by atoms with Crippen LogP contribution in [0.1, 0.15) is 37.2 Å². The van der Waals surface area contributed by atoms with Crippen molar-refractivity contribution < 1.29 is 9.32 Å². The number of amides is 1. The minimum atomic E-state index is -0.302. The number of nitrogens with zero attached hydrogens (tertiary/aromatic N) is 2. The Morgan fingerprint density at radius 3 is 2.61 bits per heavy atom. The van der Waals surface area contributed by atoms with Crippen LogP contribution in [0, 0.1) is 5.92 Å². The monoisotopic (exact) mass is 338 g/mol. The molecule has 7 heteroatoms. The zero-order valence-electron chi connectivity index (χ0n) is 13.6. The van der Waals surface area contributed by atoms with E-state index in [1.807, 2.05) is 51.2 Å². The molecule has 1 heterocycles. The van der Waals surface area contributed by atoms with Gasteiger partial charge in [-0.05, 0) is 19.5 Å². The van der Waals surface area contributed by atoms with Crippen LogP contribution in [0.4, 0.5) is 0 Å². The first kappa shape index (κ1) is 19.1. The normalized spacial score (nSPS) is 13.0. The van der Waals surface area contributed by atoms with E-state index in [1.165, 1.54) is 0 Å². The van der Waals surface area contributed by atoms with Crippen LogP contribution in [0.2, 0.25) is 0 Å². The highest BCUT2D eigenvalue weighted by atomic mass is 35.5. The third-order valence-corrected chi connectivity index (χ3v) is 3.38. The van der Waals surface area contributed by atoms with E-state index < -0.39 is 0 Å². The Hall–Kier alpha value is -1.92. The van der Waals surface area contributed by atoms with Crippen molar-refractivity contribution in [1.82, 2.24) is 20.8 Å². The molecule has 2 atom stereocenters. The van der Waals surface area contributed by atoms with Crippen LogP contribution in [0.3, 0.4) is 0 Å². The lowest BCUT2D eigenvalue weighted by Gasteiger charge is -2.14. The van der Waals surface area contributed by atoms with Crippen LogP contribution >= 0.6 is 12.4 Å². The van der Waals surface area contributed by atoms with Crippen LogP contribution in [0.25, 0.3) is 0 Å². The van der Waals surface area contributed by atoms with E-state index in [0.29, 0.717) is 24.7 Å². The Morgan fingerprint density at radius 2 is 1.96 bits per heavy atom. The first-order chi connectivity index (χ1) is 10.6. The van der Waals surface area contributed by atoms with Gasteiger partial charge in [0.25, 0.3) is 0 Å². The molecule has 0 aliphatic carbocycles. The van der Waals surface area contributed by atoms with Crippen molar-refractivity contribution in [2.45, 2.75) is 26.3 Å². The lowest BCUT2D eigenvalue weighted by atomic mass is 10.1. The fourth-order valence-corrected chi connectivity index (χ4v) is 2.11. The van der Waals surface area contributed by atoms with E-state index >= 15 is 0 Å². The smallest absolute Gasteiger partial charge is 0.248 e. The van der Waals surface area contributed by atoms with E-state index in [4.69, 9.17) is 4.52 Å². The van der Waals surface area contributed by atoms with Crippen molar-refractivity contribution in [3.63, 3.8) is 0 Å². The predicted molar refractivity (Wildman–Crippen MR) is 90.4 cm³/mol. The molecule has 0 bridgehead atoms. The fraction of sp³-hybridized carbons (Fsp3) is 0.438. The Balaban J connectivity index is 0.00000264. The fourth-order valence-electron chi connectivity index (χ4n) is 2.11. The van der Waals surface area contributed by atoms with Gasteiger partial charge in [-0.1, -0.05) is 42.4 Å². The second kappa shape index (κ2) is 9.27. The molecule has 0 fully saturated rings. The number of carbonyl (C=O) groups excluding carboxylic acids is 1. The van der Waals surface area contributed by atoms with Gasteiger partial charge in [-0.25, -0.2) is 0 Å². The second-order valence-electron chi connectivity index (χ2n) is 5.40. The van der Waals surface area contributed by atoms with Gasteiger partial charge in [-0.3, -0.25) is 4.79 Å². The van der Waals surface area contributed by atoms with Crippen LogP contribution in [0.15, 0.2) is 34.9 Å². The SMILES string of the molecule is CNCC(C)C(=O)NC(C)c1nc(Cc2ccccc2)no1.Cl. The molecule has 23 heavy (non-hydrogen) atoms. The molecule has 2 aromatic rings. The number of carbonyl (C=O) groups is 1. The summed E-state index contributed by atoms with van der Waals surface area (Å²) in [5, 5.41) is 9.83. The van der Waals surface area contributed by atoms with E-state index in [9.17, 15) is 4.79 Å². The summed E-state index contributed by atoms with van der Waals surface area (Å²) in [5.41, 5.74) is 1.12. The summed E-state index contributed by atoms with van der Waals surface area (Å²) in [4.78, 5) is 16.3. The Bertz CT molecular complexity index is 603. The lowest BCUT2D eigenvalue weighted by molar-refractivity contribution is -0.125. The molecule has 2 unspecified atom stereocenters. The summed E-state index contributed by atoms with van der Waals surface area (Å²) in [5.74, 6) is 0.894. The van der Waals surface area contributed by atoms with Crippen molar-refractivity contribution in [3.05, 3.63) is 47.6 Å². The van der Waals surface area contributed by atoms with Crippen molar-refractivity contribution in [2.75, 3.05) is 13.6 Å². The summed E-state index contributed by atoms with van der Waals surface area (Å²) < 4.78 is 5.25. The minimum absolute atomic E-state index is 0. The topological polar surface area (TPSA) is 80.0 Å². The number of nitrogens with one attached hydrogen (secondary N) is 2. The molecule has 1 aromatic carbocycles. The highest BCUT2D eigenvalue weighted by Gasteiger charge is 2.19. The van der Waals surface area contributed by atoms with Crippen molar-refractivity contribution in [3.8, 4) is 0 Å². The zero-order valence-corrected chi connectivity index (χ0v) is 14.4. The standard InChI is InChI=1S/C16H22N4O2.ClH/c1-11(10-17-3)15(21)18-12(2)16-19-14(20-22-16)9-13-7-5-4-6-8-13;/h4-8,11-12,17H,9-10H2,1-3H3,(H,18,21);1H. The van der Waals surface area contributed by atoms with Crippen molar-refractivity contribution >= 4 is 18.3 Å². The minimum Gasteiger partial charge on any atom is -0.344 e. The van der Waals surface area contributed by atoms with E-state index in [0.717, 1.165) is 5.56 Å². The van der Waals surface area contributed by atoms with E-state index in [-0.39, 0.29) is 30.3 Å². The highest BCUT2D eigenvalue weighted by Crippen LogP contribution is 2.13. The number of hydrogen-bond acceptors (Lipinski definition) is 5. The molecule has 0 saturated carbocycles. The predicted octanol–water partition coefficient (Wildman–Crippen LogP) is 2.11. The summed E-state index contributed by atoms with van der Waals surface area (Å²) >= 11 is 0. The first-order valence-electron chi connectivity index (χ1n) is 7.41. The third-order valence-electron chi connectivity index (χ3n) is 3.38. The molecule has 6 nitrogen and oxygen atoms in total. The largest absolute Gasteiger partial charge is 0.344 e. The summed E-state index contributed by atoms with van der Waals surface area (Å²) in [6.07, 6.45) is 0.612. The molecular weight excluding hydrogens is 316 g/mol. The van der Waals surface area contributed by atoms with Gasteiger partial charge in [0.15, 0.2) is 5.82 Å². The van der Waals surface area contributed by atoms with Gasteiger partial charge in [0.05, 0.1) is 0 Å². The average molecular weight is 339 g/mol. The molecule has 0 aliphatic heterocycles. The maximum absolute atomic E-state index is 12.0. The third kappa shape index (κ3) is 5.65. The summed E-state index contributed by atoms with van der Waals surface area (Å²) in [6.45, 7) is 4.33. The molecule has 0 radical (unpaired) electrons.